The lowest BCUT2D eigenvalue weighted by Crippen LogP contribution is -2.15. The van der Waals surface area contributed by atoms with E-state index in [1.807, 2.05) is 0 Å². The lowest BCUT2D eigenvalue weighted by molar-refractivity contribution is -0.139. The summed E-state index contributed by atoms with van der Waals surface area (Å²) >= 11 is 11.4. The Hall–Kier alpha value is -0.770. The van der Waals surface area contributed by atoms with Gasteiger partial charge in [-0.2, -0.15) is 0 Å². The molecule has 0 aliphatic rings. The summed E-state index contributed by atoms with van der Waals surface area (Å²) in [5.41, 5.74) is 0.400. The van der Waals surface area contributed by atoms with Crippen LogP contribution in [0, 0.1) is 0 Å². The van der Waals surface area contributed by atoms with Crippen molar-refractivity contribution in [3.63, 3.8) is 0 Å². The van der Waals surface area contributed by atoms with Gasteiger partial charge >= 0.3 is 5.97 Å². The number of hydrogen-bond acceptors (Lipinski definition) is 2. The summed E-state index contributed by atoms with van der Waals surface area (Å²) < 4.78 is 0. The second kappa shape index (κ2) is 4.64. The van der Waals surface area contributed by atoms with Crippen molar-refractivity contribution < 1.29 is 15.0 Å². The summed E-state index contributed by atoms with van der Waals surface area (Å²) in [6, 6.07) is 4.45. The van der Waals surface area contributed by atoms with Crippen molar-refractivity contribution in [2.75, 3.05) is 6.61 Å². The molecule has 0 bridgehead atoms. The molecule has 14 heavy (non-hydrogen) atoms. The molecule has 1 aromatic rings. The summed E-state index contributed by atoms with van der Waals surface area (Å²) in [5.74, 6) is -2.09. The van der Waals surface area contributed by atoms with Gasteiger partial charge in [-0.3, -0.25) is 4.79 Å². The number of hydrogen-bond donors (Lipinski definition) is 2. The number of aliphatic hydroxyl groups excluding tert-OH is 1. The standard InChI is InChI=1S/C9H8Cl2O3/c10-6-1-5(2-7(11)3-6)8(4-12)9(13)14/h1-3,8,12H,4H2,(H,13,14)/t8-/m0/s1. The second-order valence-corrected chi connectivity index (χ2v) is 3.65. The summed E-state index contributed by atoms with van der Waals surface area (Å²) in [6.07, 6.45) is 0. The van der Waals surface area contributed by atoms with Gasteiger partial charge in [-0.1, -0.05) is 23.2 Å². The number of halogens is 2. The highest BCUT2D eigenvalue weighted by Gasteiger charge is 2.19. The van der Waals surface area contributed by atoms with Crippen LogP contribution < -0.4 is 0 Å². The maximum atomic E-state index is 10.7. The first-order chi connectivity index (χ1) is 6.54. The average Bonchev–Trinajstić information content (AvgIpc) is 2.02. The predicted molar refractivity (Wildman–Crippen MR) is 53.9 cm³/mol. The Morgan fingerprint density at radius 2 is 1.79 bits per heavy atom. The van der Waals surface area contributed by atoms with Crippen molar-refractivity contribution in [3.8, 4) is 0 Å². The number of aliphatic hydroxyl groups is 1. The lowest BCUT2D eigenvalue weighted by Gasteiger charge is -2.09. The third-order valence-electron chi connectivity index (χ3n) is 1.77. The molecule has 0 fully saturated rings. The Labute approximate surface area is 90.9 Å². The number of benzene rings is 1. The van der Waals surface area contributed by atoms with Crippen LogP contribution in [0.2, 0.25) is 10.0 Å². The Kier molecular flexibility index (Phi) is 3.75. The Morgan fingerprint density at radius 1 is 1.29 bits per heavy atom. The molecule has 0 unspecified atom stereocenters. The molecule has 0 heterocycles. The number of carboxylic acid groups (broad SMARTS) is 1. The molecule has 0 saturated heterocycles. The molecule has 5 heteroatoms. The van der Waals surface area contributed by atoms with Crippen LogP contribution in [0.4, 0.5) is 0 Å². The molecule has 0 aromatic heterocycles. The molecular formula is C9H8Cl2O3. The maximum Gasteiger partial charge on any atom is 0.313 e. The molecule has 0 amide bonds. The summed E-state index contributed by atoms with van der Waals surface area (Å²) in [6.45, 7) is -0.480. The first kappa shape index (κ1) is 11.3. The minimum atomic E-state index is -1.11. The van der Waals surface area contributed by atoms with Crippen LogP contribution >= 0.6 is 23.2 Å². The fraction of sp³-hybridized carbons (Fsp3) is 0.222. The molecule has 1 aromatic carbocycles. The third-order valence-corrected chi connectivity index (χ3v) is 2.20. The number of rotatable bonds is 3. The fourth-order valence-corrected chi connectivity index (χ4v) is 1.65. The van der Waals surface area contributed by atoms with Gasteiger partial charge in [0, 0.05) is 10.0 Å². The monoisotopic (exact) mass is 234 g/mol. The van der Waals surface area contributed by atoms with E-state index in [1.54, 1.807) is 0 Å². The molecule has 0 spiro atoms. The van der Waals surface area contributed by atoms with E-state index in [9.17, 15) is 4.79 Å². The second-order valence-electron chi connectivity index (χ2n) is 2.78. The first-order valence-corrected chi connectivity index (χ1v) is 4.60. The van der Waals surface area contributed by atoms with E-state index in [0.717, 1.165) is 0 Å². The van der Waals surface area contributed by atoms with Crippen LogP contribution in [0.15, 0.2) is 18.2 Å². The molecular weight excluding hydrogens is 227 g/mol. The molecule has 1 atom stereocenters. The van der Waals surface area contributed by atoms with E-state index in [-0.39, 0.29) is 0 Å². The number of carbonyl (C=O) groups is 1. The summed E-state index contributed by atoms with van der Waals surface area (Å²) in [7, 11) is 0. The first-order valence-electron chi connectivity index (χ1n) is 3.84. The van der Waals surface area contributed by atoms with Crippen molar-refractivity contribution in [3.05, 3.63) is 33.8 Å². The number of aliphatic carboxylic acids is 1. The quantitative estimate of drug-likeness (QED) is 0.843. The van der Waals surface area contributed by atoms with E-state index in [1.165, 1.54) is 18.2 Å². The van der Waals surface area contributed by atoms with Crippen molar-refractivity contribution >= 4 is 29.2 Å². The minimum Gasteiger partial charge on any atom is -0.481 e. The minimum absolute atomic E-state index is 0.354. The Morgan fingerprint density at radius 3 is 2.14 bits per heavy atom. The smallest absolute Gasteiger partial charge is 0.313 e. The predicted octanol–water partition coefficient (Wildman–Crippen LogP) is 2.15. The zero-order valence-corrected chi connectivity index (χ0v) is 8.59. The van der Waals surface area contributed by atoms with Gasteiger partial charge in [0.1, 0.15) is 5.92 Å². The van der Waals surface area contributed by atoms with Crippen molar-refractivity contribution in [1.82, 2.24) is 0 Å². The van der Waals surface area contributed by atoms with Crippen LogP contribution in [-0.2, 0) is 4.79 Å². The van der Waals surface area contributed by atoms with E-state index >= 15 is 0 Å². The largest absolute Gasteiger partial charge is 0.481 e. The van der Waals surface area contributed by atoms with Crippen LogP contribution in [0.25, 0.3) is 0 Å². The molecule has 0 aliphatic heterocycles. The zero-order chi connectivity index (χ0) is 10.7. The van der Waals surface area contributed by atoms with Crippen LogP contribution in [0.5, 0.6) is 0 Å². The molecule has 0 radical (unpaired) electrons. The average molecular weight is 235 g/mol. The van der Waals surface area contributed by atoms with Gasteiger partial charge in [0.25, 0.3) is 0 Å². The summed E-state index contributed by atoms with van der Waals surface area (Å²) in [4.78, 5) is 10.7. The SMILES string of the molecule is O=C(O)[C@@H](CO)c1cc(Cl)cc(Cl)c1. The van der Waals surface area contributed by atoms with E-state index < -0.39 is 18.5 Å². The van der Waals surface area contributed by atoms with Gasteiger partial charge in [0.15, 0.2) is 0 Å². The lowest BCUT2D eigenvalue weighted by atomic mass is 10.0. The highest BCUT2D eigenvalue weighted by molar-refractivity contribution is 6.34. The van der Waals surface area contributed by atoms with Crippen LogP contribution in [0.3, 0.4) is 0 Å². The maximum absolute atomic E-state index is 10.7. The zero-order valence-electron chi connectivity index (χ0n) is 7.08. The van der Waals surface area contributed by atoms with Gasteiger partial charge in [-0.05, 0) is 23.8 Å². The van der Waals surface area contributed by atoms with Crippen LogP contribution in [0.1, 0.15) is 11.5 Å². The van der Waals surface area contributed by atoms with E-state index in [4.69, 9.17) is 33.4 Å². The molecule has 1 rings (SSSR count). The molecule has 76 valence electrons. The molecule has 0 saturated carbocycles. The van der Waals surface area contributed by atoms with E-state index in [0.29, 0.717) is 15.6 Å². The third kappa shape index (κ3) is 2.61. The molecule has 0 aliphatic carbocycles. The highest BCUT2D eigenvalue weighted by atomic mass is 35.5. The van der Waals surface area contributed by atoms with Crippen molar-refractivity contribution in [2.45, 2.75) is 5.92 Å². The van der Waals surface area contributed by atoms with E-state index in [2.05, 4.69) is 0 Å². The Bertz CT molecular complexity index is 332. The topological polar surface area (TPSA) is 57.5 Å². The van der Waals surface area contributed by atoms with Crippen molar-refractivity contribution in [2.24, 2.45) is 0 Å². The molecule has 3 nitrogen and oxygen atoms in total. The van der Waals surface area contributed by atoms with Gasteiger partial charge < -0.3 is 10.2 Å². The van der Waals surface area contributed by atoms with Gasteiger partial charge in [-0.15, -0.1) is 0 Å². The fourth-order valence-electron chi connectivity index (χ4n) is 1.10. The Balaban J connectivity index is 3.10. The van der Waals surface area contributed by atoms with Gasteiger partial charge in [-0.25, -0.2) is 0 Å². The highest BCUT2D eigenvalue weighted by Crippen LogP contribution is 2.24. The van der Waals surface area contributed by atoms with Gasteiger partial charge in [0.2, 0.25) is 0 Å². The molecule has 2 N–H and O–H groups in total. The number of carboxylic acids is 1. The summed E-state index contributed by atoms with van der Waals surface area (Å²) in [5, 5.41) is 18.3. The van der Waals surface area contributed by atoms with Crippen molar-refractivity contribution in [1.29, 1.82) is 0 Å². The van der Waals surface area contributed by atoms with Crippen LogP contribution in [-0.4, -0.2) is 22.8 Å². The van der Waals surface area contributed by atoms with Gasteiger partial charge in [0.05, 0.1) is 6.61 Å². The normalized spacial score (nSPS) is 12.5.